The van der Waals surface area contributed by atoms with Crippen LogP contribution < -0.4 is 15.5 Å². The first-order valence-corrected chi connectivity index (χ1v) is 12.5. The van der Waals surface area contributed by atoms with Crippen molar-refractivity contribution >= 4 is 28.4 Å². The maximum Gasteiger partial charge on any atom is 0.269 e. The van der Waals surface area contributed by atoms with Crippen LogP contribution in [0.2, 0.25) is 0 Å². The highest BCUT2D eigenvalue weighted by Crippen LogP contribution is 2.37. The molecule has 9 heteroatoms. The Kier molecular flexibility index (Phi) is 5.74. The van der Waals surface area contributed by atoms with E-state index < -0.39 is 0 Å². The Hall–Kier alpha value is -3.30. The Morgan fingerprint density at radius 2 is 1.80 bits per heavy atom. The van der Waals surface area contributed by atoms with Gasteiger partial charge in [-0.1, -0.05) is 24.3 Å². The third-order valence-electron chi connectivity index (χ3n) is 7.96. The molecule has 0 saturated carbocycles. The van der Waals surface area contributed by atoms with E-state index in [2.05, 4.69) is 20.4 Å². The zero-order chi connectivity index (χ0) is 23.8. The van der Waals surface area contributed by atoms with Crippen LogP contribution in [0.3, 0.4) is 0 Å². The van der Waals surface area contributed by atoms with E-state index in [1.165, 1.54) is 39.0 Å². The number of nitro benzene ring substituents is 1. The van der Waals surface area contributed by atoms with Crippen LogP contribution in [0, 0.1) is 15.5 Å². The number of anilines is 2. The molecule has 2 aromatic carbocycles. The Bertz CT molecular complexity index is 1210. The Morgan fingerprint density at radius 3 is 2.49 bits per heavy atom. The van der Waals surface area contributed by atoms with Crippen LogP contribution in [0.4, 0.5) is 17.5 Å². The molecule has 3 aliphatic heterocycles. The molecule has 3 fully saturated rings. The van der Waals surface area contributed by atoms with Crippen molar-refractivity contribution in [3.05, 3.63) is 64.2 Å². The van der Waals surface area contributed by atoms with Gasteiger partial charge in [-0.15, -0.1) is 0 Å². The van der Waals surface area contributed by atoms with E-state index >= 15 is 0 Å². The summed E-state index contributed by atoms with van der Waals surface area (Å²) in [5, 5.41) is 18.8. The highest BCUT2D eigenvalue weighted by atomic mass is 16.6. The summed E-state index contributed by atoms with van der Waals surface area (Å²) in [6, 6.07) is 15.4. The second-order valence-corrected chi connectivity index (χ2v) is 10.2. The fourth-order valence-corrected chi connectivity index (χ4v) is 5.50. The zero-order valence-corrected chi connectivity index (χ0v) is 19.8. The molecule has 4 heterocycles. The van der Waals surface area contributed by atoms with Crippen LogP contribution in [0.1, 0.15) is 18.4 Å². The number of likely N-dealkylation sites (tertiary alicyclic amines) is 1. The second kappa shape index (κ2) is 9.05. The van der Waals surface area contributed by atoms with Crippen molar-refractivity contribution in [2.45, 2.75) is 25.3 Å². The second-order valence-electron chi connectivity index (χ2n) is 10.2. The first-order chi connectivity index (χ1) is 17.1. The lowest BCUT2D eigenvalue weighted by Crippen LogP contribution is -2.65. The summed E-state index contributed by atoms with van der Waals surface area (Å²) in [5.41, 5.74) is 2.69. The molecule has 0 atom stereocenters. The number of benzene rings is 2. The van der Waals surface area contributed by atoms with Crippen LogP contribution in [-0.2, 0) is 6.42 Å². The predicted molar refractivity (Wildman–Crippen MR) is 137 cm³/mol. The summed E-state index contributed by atoms with van der Waals surface area (Å²) >= 11 is 0. The number of non-ortho nitro benzene ring substituents is 1. The van der Waals surface area contributed by atoms with Gasteiger partial charge >= 0.3 is 0 Å². The van der Waals surface area contributed by atoms with Gasteiger partial charge in [-0.3, -0.25) is 15.0 Å². The molecule has 2 N–H and O–H groups in total. The van der Waals surface area contributed by atoms with Crippen molar-refractivity contribution in [3.63, 3.8) is 0 Å². The standard InChI is InChI=1S/C26H31N7O2/c34-33(35)20-7-5-19(6-8-20)9-12-28-24-22-3-1-2-4-23(22)29-25(30-24)32-15-21(16-32)31-13-10-26(11-14-31)17-27-18-26/h1-8,21,27H,9-18H2,(H,28,29,30). The molecule has 1 spiro atoms. The van der Waals surface area contributed by atoms with E-state index in [4.69, 9.17) is 9.97 Å². The highest BCUT2D eigenvalue weighted by Gasteiger charge is 2.43. The summed E-state index contributed by atoms with van der Waals surface area (Å²) in [6.07, 6.45) is 3.38. The van der Waals surface area contributed by atoms with E-state index in [1.54, 1.807) is 12.1 Å². The van der Waals surface area contributed by atoms with E-state index in [1.807, 2.05) is 36.4 Å². The van der Waals surface area contributed by atoms with Crippen molar-refractivity contribution in [3.8, 4) is 0 Å². The molecule has 3 saturated heterocycles. The number of aromatic nitrogens is 2. The molecule has 182 valence electrons. The van der Waals surface area contributed by atoms with Crippen molar-refractivity contribution in [2.24, 2.45) is 5.41 Å². The minimum atomic E-state index is -0.371. The molecular weight excluding hydrogens is 442 g/mol. The summed E-state index contributed by atoms with van der Waals surface area (Å²) in [4.78, 5) is 25.2. The molecule has 1 aromatic heterocycles. The lowest BCUT2D eigenvalue weighted by Gasteiger charge is -2.53. The number of hydrogen-bond donors (Lipinski definition) is 2. The molecule has 0 bridgehead atoms. The number of rotatable bonds is 7. The SMILES string of the molecule is O=[N+]([O-])c1ccc(CCNc2nc(N3CC(N4CCC5(CC4)CNC5)C3)nc3ccccc23)cc1. The fraction of sp³-hybridized carbons (Fsp3) is 0.462. The lowest BCUT2D eigenvalue weighted by atomic mass is 9.73. The largest absolute Gasteiger partial charge is 0.369 e. The summed E-state index contributed by atoms with van der Waals surface area (Å²) in [5.74, 6) is 1.63. The van der Waals surface area contributed by atoms with E-state index in [0.29, 0.717) is 18.0 Å². The normalized spacial score (nSPS) is 19.9. The lowest BCUT2D eigenvalue weighted by molar-refractivity contribution is -0.384. The molecule has 3 aliphatic rings. The van der Waals surface area contributed by atoms with Gasteiger partial charge in [0.25, 0.3) is 5.69 Å². The van der Waals surface area contributed by atoms with Crippen LogP contribution in [-0.4, -0.2) is 71.6 Å². The molecular formula is C26H31N7O2. The van der Waals surface area contributed by atoms with Crippen molar-refractivity contribution in [2.75, 3.05) is 56.0 Å². The van der Waals surface area contributed by atoms with Gasteiger partial charge in [-0.25, -0.2) is 4.98 Å². The molecule has 0 radical (unpaired) electrons. The third kappa shape index (κ3) is 4.41. The monoisotopic (exact) mass is 473 g/mol. The van der Waals surface area contributed by atoms with Gasteiger partial charge in [0.05, 0.1) is 10.4 Å². The van der Waals surface area contributed by atoms with Crippen molar-refractivity contribution in [1.82, 2.24) is 20.2 Å². The maximum atomic E-state index is 10.9. The van der Waals surface area contributed by atoms with E-state index in [0.717, 1.165) is 47.7 Å². The van der Waals surface area contributed by atoms with Gasteiger partial charge in [0.1, 0.15) is 5.82 Å². The van der Waals surface area contributed by atoms with E-state index in [9.17, 15) is 10.1 Å². The average molecular weight is 474 g/mol. The number of fused-ring (bicyclic) bond motifs is 1. The topological polar surface area (TPSA) is 99.5 Å². The van der Waals surface area contributed by atoms with Crippen LogP contribution in [0.15, 0.2) is 48.5 Å². The summed E-state index contributed by atoms with van der Waals surface area (Å²) < 4.78 is 0. The summed E-state index contributed by atoms with van der Waals surface area (Å²) in [6.45, 7) is 7.44. The van der Waals surface area contributed by atoms with Gasteiger partial charge in [-0.05, 0) is 55.5 Å². The van der Waals surface area contributed by atoms with Gasteiger partial charge in [0.2, 0.25) is 5.95 Å². The van der Waals surface area contributed by atoms with Gasteiger partial charge in [0.15, 0.2) is 0 Å². The van der Waals surface area contributed by atoms with Gasteiger partial charge in [0, 0.05) is 56.3 Å². The molecule has 35 heavy (non-hydrogen) atoms. The minimum absolute atomic E-state index is 0.116. The Balaban J connectivity index is 1.10. The van der Waals surface area contributed by atoms with Crippen LogP contribution in [0.5, 0.6) is 0 Å². The minimum Gasteiger partial charge on any atom is -0.369 e. The summed E-state index contributed by atoms with van der Waals surface area (Å²) in [7, 11) is 0. The van der Waals surface area contributed by atoms with Crippen LogP contribution in [0.25, 0.3) is 10.9 Å². The van der Waals surface area contributed by atoms with Gasteiger partial charge < -0.3 is 15.5 Å². The molecule has 6 rings (SSSR count). The number of hydrogen-bond acceptors (Lipinski definition) is 8. The first-order valence-electron chi connectivity index (χ1n) is 12.5. The highest BCUT2D eigenvalue weighted by molar-refractivity contribution is 5.90. The number of nitrogens with one attached hydrogen (secondary N) is 2. The smallest absolute Gasteiger partial charge is 0.269 e. The molecule has 3 aromatic rings. The van der Waals surface area contributed by atoms with Crippen LogP contribution >= 0.6 is 0 Å². The Labute approximate surface area is 204 Å². The number of nitrogens with zero attached hydrogens (tertiary/aromatic N) is 5. The molecule has 0 amide bonds. The number of piperidine rings is 1. The predicted octanol–water partition coefficient (Wildman–Crippen LogP) is 3.07. The number of nitro groups is 1. The third-order valence-corrected chi connectivity index (χ3v) is 7.96. The number of para-hydroxylation sites is 1. The van der Waals surface area contributed by atoms with Crippen molar-refractivity contribution < 1.29 is 4.92 Å². The molecule has 9 nitrogen and oxygen atoms in total. The average Bonchev–Trinajstić information content (AvgIpc) is 2.83. The van der Waals surface area contributed by atoms with Crippen molar-refractivity contribution in [1.29, 1.82) is 0 Å². The fourth-order valence-electron chi connectivity index (χ4n) is 5.50. The zero-order valence-electron chi connectivity index (χ0n) is 19.8. The Morgan fingerprint density at radius 1 is 1.06 bits per heavy atom. The van der Waals surface area contributed by atoms with Gasteiger partial charge in [-0.2, -0.15) is 4.98 Å². The molecule has 0 unspecified atom stereocenters. The quantitative estimate of drug-likeness (QED) is 0.399. The molecule has 0 aliphatic carbocycles. The maximum absolute atomic E-state index is 10.9. The first kappa shape index (κ1) is 22.2. The van der Waals surface area contributed by atoms with E-state index in [-0.39, 0.29) is 10.6 Å².